The molecular weight excluding hydrogens is 276 g/mol. The van der Waals surface area contributed by atoms with Crippen molar-refractivity contribution in [2.75, 3.05) is 0 Å². The molecule has 0 saturated carbocycles. The second kappa shape index (κ2) is 4.92. The summed E-state index contributed by atoms with van der Waals surface area (Å²) in [4.78, 5) is 17.3. The molecule has 2 heterocycles. The van der Waals surface area contributed by atoms with Crippen LogP contribution in [-0.2, 0) is 4.79 Å². The Bertz CT molecular complexity index is 512. The first-order valence-corrected chi connectivity index (χ1v) is 6.86. The normalized spacial score (nSPS) is 22.1. The molecule has 21 heavy (non-hydrogen) atoms. The quantitative estimate of drug-likeness (QED) is 0.766. The Labute approximate surface area is 123 Å². The molecule has 0 radical (unpaired) electrons. The first-order chi connectivity index (χ1) is 9.54. The molecule has 1 aromatic heterocycles. The number of nitrogens with zero attached hydrogens (tertiary/aromatic N) is 2. The van der Waals surface area contributed by atoms with Gasteiger partial charge >= 0.3 is 5.97 Å². The zero-order valence-corrected chi connectivity index (χ0v) is 12.7. The average molecular weight is 298 g/mol. The summed E-state index contributed by atoms with van der Waals surface area (Å²) in [5.74, 6) is -1.69. The Morgan fingerprint density at radius 2 is 1.57 bits per heavy atom. The van der Waals surface area contributed by atoms with Gasteiger partial charge in [-0.05, 0) is 40.5 Å². The highest BCUT2D eigenvalue weighted by atomic mass is 16.7. The van der Waals surface area contributed by atoms with E-state index < -0.39 is 23.0 Å². The van der Waals surface area contributed by atoms with Crippen molar-refractivity contribution in [1.29, 1.82) is 0 Å². The largest absolute Gasteiger partial charge is 0.492 e. The molecular formula is C14H22N2O5. The number of hydroxylamine groups is 2. The van der Waals surface area contributed by atoms with Gasteiger partial charge in [-0.3, -0.25) is 0 Å². The fourth-order valence-electron chi connectivity index (χ4n) is 3.10. The van der Waals surface area contributed by atoms with Crippen LogP contribution >= 0.6 is 0 Å². The van der Waals surface area contributed by atoms with E-state index in [2.05, 4.69) is 0 Å². The zero-order chi connectivity index (χ0) is 16.0. The summed E-state index contributed by atoms with van der Waals surface area (Å²) < 4.78 is 0.688. The van der Waals surface area contributed by atoms with E-state index in [1.165, 1.54) is 17.2 Å². The Balaban J connectivity index is 2.17. The molecule has 0 unspecified atom stereocenters. The standard InChI is InChI=1S/C14H22N2O5/c1-13(2)7-9(8-14(3,4)16(13)20)12(19)21-15-10(17)5-6-11(15)18/h5-6,9,17-18,20H,7-8H2,1-4H3. The Morgan fingerprint density at radius 3 is 2.00 bits per heavy atom. The van der Waals surface area contributed by atoms with E-state index in [0.29, 0.717) is 17.6 Å². The van der Waals surface area contributed by atoms with Crippen molar-refractivity contribution in [3.63, 3.8) is 0 Å². The van der Waals surface area contributed by atoms with Crippen LogP contribution in [0.5, 0.6) is 11.8 Å². The van der Waals surface area contributed by atoms with Crippen LogP contribution in [0, 0.1) is 5.92 Å². The van der Waals surface area contributed by atoms with Gasteiger partial charge in [0, 0.05) is 23.2 Å². The third kappa shape index (κ3) is 2.84. The number of rotatable bonds is 2. The summed E-state index contributed by atoms with van der Waals surface area (Å²) in [5.41, 5.74) is -1.15. The minimum atomic E-state index is -0.577. The second-order valence-electron chi connectivity index (χ2n) is 6.80. The topological polar surface area (TPSA) is 95.2 Å². The van der Waals surface area contributed by atoms with Crippen LogP contribution in [0.25, 0.3) is 0 Å². The van der Waals surface area contributed by atoms with Crippen molar-refractivity contribution in [3.8, 4) is 11.8 Å². The number of carbonyl (C=O) groups excluding carboxylic acids is 1. The molecule has 0 bridgehead atoms. The average Bonchev–Trinajstić information content (AvgIpc) is 2.66. The molecule has 7 nitrogen and oxygen atoms in total. The minimum Gasteiger partial charge on any atom is -0.492 e. The summed E-state index contributed by atoms with van der Waals surface area (Å²) in [6.45, 7) is 7.38. The predicted octanol–water partition coefficient (Wildman–Crippen LogP) is 1.51. The van der Waals surface area contributed by atoms with E-state index in [1.807, 2.05) is 27.7 Å². The Hall–Kier alpha value is -1.73. The molecule has 1 saturated heterocycles. The van der Waals surface area contributed by atoms with Crippen molar-refractivity contribution in [1.82, 2.24) is 9.79 Å². The van der Waals surface area contributed by atoms with E-state index in [0.717, 1.165) is 0 Å². The van der Waals surface area contributed by atoms with Gasteiger partial charge < -0.3 is 20.3 Å². The van der Waals surface area contributed by atoms with Crippen molar-refractivity contribution in [2.45, 2.75) is 51.6 Å². The lowest BCUT2D eigenvalue weighted by molar-refractivity contribution is -0.252. The van der Waals surface area contributed by atoms with Crippen molar-refractivity contribution < 1.29 is 25.1 Å². The van der Waals surface area contributed by atoms with Crippen LogP contribution < -0.4 is 4.84 Å². The van der Waals surface area contributed by atoms with Crippen LogP contribution in [-0.4, -0.2) is 42.3 Å². The van der Waals surface area contributed by atoms with E-state index in [9.17, 15) is 20.2 Å². The summed E-state index contributed by atoms with van der Waals surface area (Å²) in [6, 6.07) is 2.46. The maximum absolute atomic E-state index is 12.3. The van der Waals surface area contributed by atoms with Gasteiger partial charge in [0.25, 0.3) is 0 Å². The van der Waals surface area contributed by atoms with Gasteiger partial charge in [-0.25, -0.2) is 4.79 Å². The molecule has 0 amide bonds. The van der Waals surface area contributed by atoms with E-state index >= 15 is 0 Å². The lowest BCUT2D eigenvalue weighted by atomic mass is 9.75. The minimum absolute atomic E-state index is 0.348. The number of aromatic nitrogens is 1. The summed E-state index contributed by atoms with van der Waals surface area (Å²) in [5, 5.41) is 30.5. The van der Waals surface area contributed by atoms with E-state index in [-0.39, 0.29) is 11.8 Å². The second-order valence-corrected chi connectivity index (χ2v) is 6.80. The van der Waals surface area contributed by atoms with Gasteiger partial charge in [-0.15, -0.1) is 4.73 Å². The number of hydrogen-bond donors (Lipinski definition) is 3. The maximum Gasteiger partial charge on any atom is 0.336 e. The molecule has 2 rings (SSSR count). The van der Waals surface area contributed by atoms with Gasteiger partial charge in [0.2, 0.25) is 11.8 Å². The molecule has 118 valence electrons. The number of hydrogen-bond acceptors (Lipinski definition) is 6. The van der Waals surface area contributed by atoms with Crippen LogP contribution in [0.3, 0.4) is 0 Å². The highest BCUT2D eigenvalue weighted by Crippen LogP contribution is 2.40. The van der Waals surface area contributed by atoms with Crippen molar-refractivity contribution in [2.24, 2.45) is 5.92 Å². The highest BCUT2D eigenvalue weighted by Gasteiger charge is 2.47. The smallest absolute Gasteiger partial charge is 0.336 e. The lowest BCUT2D eigenvalue weighted by Crippen LogP contribution is -2.60. The third-order valence-electron chi connectivity index (χ3n) is 3.95. The fourth-order valence-corrected chi connectivity index (χ4v) is 3.10. The summed E-state index contributed by atoms with van der Waals surface area (Å²) in [7, 11) is 0. The summed E-state index contributed by atoms with van der Waals surface area (Å²) >= 11 is 0. The van der Waals surface area contributed by atoms with Gasteiger partial charge in [0.15, 0.2) is 0 Å². The Morgan fingerprint density at radius 1 is 1.14 bits per heavy atom. The zero-order valence-electron chi connectivity index (χ0n) is 12.7. The van der Waals surface area contributed by atoms with E-state index in [4.69, 9.17) is 4.84 Å². The molecule has 0 atom stereocenters. The molecule has 1 aliphatic rings. The molecule has 0 spiro atoms. The van der Waals surface area contributed by atoms with Crippen LogP contribution in [0.2, 0.25) is 0 Å². The van der Waals surface area contributed by atoms with Crippen LogP contribution in [0.1, 0.15) is 40.5 Å². The van der Waals surface area contributed by atoms with Crippen LogP contribution in [0.15, 0.2) is 12.1 Å². The molecule has 1 aromatic rings. The van der Waals surface area contributed by atoms with Crippen molar-refractivity contribution in [3.05, 3.63) is 12.1 Å². The lowest BCUT2D eigenvalue weighted by Gasteiger charge is -2.50. The molecule has 1 aliphatic heterocycles. The van der Waals surface area contributed by atoms with Gasteiger partial charge in [0.05, 0.1) is 5.92 Å². The van der Waals surface area contributed by atoms with Gasteiger partial charge in [-0.2, -0.15) is 5.06 Å². The molecule has 0 aromatic carbocycles. The predicted molar refractivity (Wildman–Crippen MR) is 73.9 cm³/mol. The monoisotopic (exact) mass is 298 g/mol. The highest BCUT2D eigenvalue weighted by molar-refractivity contribution is 5.73. The number of carbonyl (C=O) groups is 1. The fraction of sp³-hybridized carbons (Fsp3) is 0.643. The van der Waals surface area contributed by atoms with Gasteiger partial charge in [0.1, 0.15) is 0 Å². The van der Waals surface area contributed by atoms with E-state index in [1.54, 1.807) is 0 Å². The number of piperidine rings is 1. The SMILES string of the molecule is CC1(C)CC(C(=O)On2c(O)ccc2O)CC(C)(C)N1O. The van der Waals surface area contributed by atoms with Gasteiger partial charge in [-0.1, -0.05) is 0 Å². The molecule has 7 heteroatoms. The molecule has 3 N–H and O–H groups in total. The maximum atomic E-state index is 12.3. The van der Waals surface area contributed by atoms with Crippen LogP contribution in [0.4, 0.5) is 0 Å². The molecule has 1 fully saturated rings. The molecule has 0 aliphatic carbocycles. The first kappa shape index (κ1) is 15.7. The third-order valence-corrected chi connectivity index (χ3v) is 3.95. The first-order valence-electron chi connectivity index (χ1n) is 6.86. The summed E-state index contributed by atoms with van der Waals surface area (Å²) in [6.07, 6.45) is 0.823. The van der Waals surface area contributed by atoms with Crippen molar-refractivity contribution >= 4 is 5.97 Å². The number of aromatic hydroxyl groups is 2. The Kier molecular flexibility index (Phi) is 3.67.